The highest BCUT2D eigenvalue weighted by molar-refractivity contribution is 5.87. The number of benzene rings is 3. The van der Waals surface area contributed by atoms with E-state index in [0.717, 1.165) is 21.9 Å². The van der Waals surface area contributed by atoms with Crippen molar-refractivity contribution in [3.8, 4) is 6.07 Å². The molecule has 198 valence electrons. The summed E-state index contributed by atoms with van der Waals surface area (Å²) in [6, 6.07) is 20.1. The Bertz CT molecular complexity index is 1360. The van der Waals surface area contributed by atoms with Gasteiger partial charge in [-0.15, -0.1) is 0 Å². The van der Waals surface area contributed by atoms with Gasteiger partial charge in [-0.25, -0.2) is 9.18 Å². The maximum Gasteiger partial charge on any atom is 0.410 e. The first kappa shape index (κ1) is 27.1. The second-order valence-corrected chi connectivity index (χ2v) is 11.1. The number of likely N-dealkylation sites (tertiary alicyclic amines) is 1. The smallest absolute Gasteiger partial charge is 0.410 e. The number of hydrogen-bond acceptors (Lipinski definition) is 4. The second kappa shape index (κ2) is 10.8. The minimum absolute atomic E-state index is 0.0496. The largest absolute Gasteiger partial charge is 0.444 e. The minimum Gasteiger partial charge on any atom is -0.444 e. The Kier molecular flexibility index (Phi) is 7.73. The molecule has 7 heteroatoms. The Labute approximate surface area is 223 Å². The van der Waals surface area contributed by atoms with E-state index >= 15 is 0 Å². The van der Waals surface area contributed by atoms with Gasteiger partial charge < -0.3 is 14.5 Å². The molecule has 0 saturated carbocycles. The van der Waals surface area contributed by atoms with Crippen LogP contribution in [0.5, 0.6) is 0 Å². The van der Waals surface area contributed by atoms with Gasteiger partial charge in [0, 0.05) is 38.5 Å². The van der Waals surface area contributed by atoms with Crippen molar-refractivity contribution in [1.29, 1.82) is 5.26 Å². The molecule has 2 amide bonds. The lowest BCUT2D eigenvalue weighted by molar-refractivity contribution is -0.132. The normalized spacial score (nSPS) is 15.1. The van der Waals surface area contributed by atoms with Crippen LogP contribution in [0.25, 0.3) is 10.8 Å². The lowest BCUT2D eigenvalue weighted by Crippen LogP contribution is -2.48. The van der Waals surface area contributed by atoms with Crippen LogP contribution in [0.2, 0.25) is 0 Å². The first-order valence-electron chi connectivity index (χ1n) is 12.9. The van der Waals surface area contributed by atoms with E-state index in [1.54, 1.807) is 29.0 Å². The summed E-state index contributed by atoms with van der Waals surface area (Å²) in [5.41, 5.74) is 1.23. The minimum atomic E-state index is -0.589. The lowest BCUT2D eigenvalue weighted by atomic mass is 9.70. The molecule has 1 aliphatic heterocycles. The van der Waals surface area contributed by atoms with Crippen LogP contribution in [0, 0.1) is 17.1 Å². The summed E-state index contributed by atoms with van der Waals surface area (Å²) in [5.74, 6) is -0.380. The van der Waals surface area contributed by atoms with Gasteiger partial charge in [-0.1, -0.05) is 36.4 Å². The summed E-state index contributed by atoms with van der Waals surface area (Å²) in [6.07, 6.45) is 0.986. The van der Waals surface area contributed by atoms with Crippen molar-refractivity contribution in [1.82, 2.24) is 9.80 Å². The van der Waals surface area contributed by atoms with Crippen molar-refractivity contribution in [3.63, 3.8) is 0 Å². The maximum absolute atomic E-state index is 13.8. The molecule has 1 saturated heterocycles. The molecule has 0 spiro atoms. The standard InChI is InChI=1S/C31H34FN3O3/c1-30(2,3)38-29(37)35-15-13-31(14-16-35,25-9-11-26(32)12-10-25)19-28(36)34(4)21-24-18-22(20-33)17-23-7-5-6-8-27(23)24/h5-12,17-18H,13-16,19,21H2,1-4H3. The zero-order valence-corrected chi connectivity index (χ0v) is 22.5. The van der Waals surface area contributed by atoms with E-state index < -0.39 is 11.0 Å². The van der Waals surface area contributed by atoms with Crippen molar-refractivity contribution < 1.29 is 18.7 Å². The Balaban J connectivity index is 1.55. The number of piperidine rings is 1. The van der Waals surface area contributed by atoms with Crippen LogP contribution in [0.3, 0.4) is 0 Å². The van der Waals surface area contributed by atoms with Gasteiger partial charge in [0.1, 0.15) is 11.4 Å². The van der Waals surface area contributed by atoms with Crippen LogP contribution < -0.4 is 0 Å². The van der Waals surface area contributed by atoms with E-state index in [-0.39, 0.29) is 24.2 Å². The molecule has 1 fully saturated rings. The van der Waals surface area contributed by atoms with Crippen LogP contribution in [-0.2, 0) is 21.5 Å². The Hall–Kier alpha value is -3.92. The van der Waals surface area contributed by atoms with E-state index in [4.69, 9.17) is 4.74 Å². The quantitative estimate of drug-likeness (QED) is 0.407. The molecule has 4 rings (SSSR count). The fraction of sp³-hybridized carbons (Fsp3) is 0.387. The Morgan fingerprint density at radius 3 is 2.37 bits per heavy atom. The molecule has 3 aromatic rings. The Morgan fingerprint density at radius 2 is 1.74 bits per heavy atom. The molecule has 3 aromatic carbocycles. The van der Waals surface area contributed by atoms with Crippen LogP contribution in [-0.4, -0.2) is 47.5 Å². The Morgan fingerprint density at radius 1 is 1.08 bits per heavy atom. The molecule has 0 radical (unpaired) electrons. The number of halogens is 1. The number of fused-ring (bicyclic) bond motifs is 1. The lowest BCUT2D eigenvalue weighted by Gasteiger charge is -2.42. The van der Waals surface area contributed by atoms with Crippen molar-refractivity contribution >= 4 is 22.8 Å². The highest BCUT2D eigenvalue weighted by Crippen LogP contribution is 2.40. The van der Waals surface area contributed by atoms with E-state index in [1.165, 1.54) is 12.1 Å². The topological polar surface area (TPSA) is 73.6 Å². The number of carbonyl (C=O) groups is 2. The number of nitrogens with zero attached hydrogens (tertiary/aromatic N) is 3. The van der Waals surface area contributed by atoms with E-state index in [1.807, 2.05) is 57.2 Å². The summed E-state index contributed by atoms with van der Waals surface area (Å²) >= 11 is 0. The number of hydrogen-bond donors (Lipinski definition) is 0. The van der Waals surface area contributed by atoms with Gasteiger partial charge in [-0.3, -0.25) is 4.79 Å². The van der Waals surface area contributed by atoms with E-state index in [2.05, 4.69) is 6.07 Å². The SMILES string of the molecule is CN(Cc1cc(C#N)cc2ccccc12)C(=O)CC1(c2ccc(F)cc2)CCN(C(=O)OC(C)(C)C)CC1. The van der Waals surface area contributed by atoms with Crippen LogP contribution in [0.4, 0.5) is 9.18 Å². The monoisotopic (exact) mass is 515 g/mol. The van der Waals surface area contributed by atoms with E-state index in [0.29, 0.717) is 38.0 Å². The highest BCUT2D eigenvalue weighted by atomic mass is 19.1. The molecule has 38 heavy (non-hydrogen) atoms. The number of nitriles is 1. The van der Waals surface area contributed by atoms with Gasteiger partial charge in [-0.05, 0) is 79.8 Å². The van der Waals surface area contributed by atoms with Crippen molar-refractivity contribution in [2.45, 2.75) is 57.6 Å². The molecular weight excluding hydrogens is 481 g/mol. The molecule has 0 N–H and O–H groups in total. The number of rotatable bonds is 5. The third kappa shape index (κ3) is 6.13. The van der Waals surface area contributed by atoms with Crippen molar-refractivity contribution in [2.24, 2.45) is 0 Å². The summed E-state index contributed by atoms with van der Waals surface area (Å²) in [4.78, 5) is 29.7. The van der Waals surface area contributed by atoms with Crippen LogP contribution >= 0.6 is 0 Å². The fourth-order valence-corrected chi connectivity index (χ4v) is 5.17. The van der Waals surface area contributed by atoms with Crippen LogP contribution in [0.15, 0.2) is 60.7 Å². The predicted molar refractivity (Wildman–Crippen MR) is 145 cm³/mol. The molecule has 1 heterocycles. The molecule has 6 nitrogen and oxygen atoms in total. The third-order valence-corrected chi connectivity index (χ3v) is 7.23. The average Bonchev–Trinajstić information content (AvgIpc) is 2.88. The molecular formula is C31H34FN3O3. The van der Waals surface area contributed by atoms with Gasteiger partial charge in [0.15, 0.2) is 0 Å². The maximum atomic E-state index is 13.8. The summed E-state index contributed by atoms with van der Waals surface area (Å²) in [7, 11) is 1.77. The van der Waals surface area contributed by atoms with Gasteiger partial charge in [0.05, 0.1) is 11.6 Å². The van der Waals surface area contributed by atoms with Gasteiger partial charge >= 0.3 is 6.09 Å². The first-order valence-corrected chi connectivity index (χ1v) is 12.9. The number of ether oxygens (including phenoxy) is 1. The summed E-state index contributed by atoms with van der Waals surface area (Å²) in [5, 5.41) is 11.5. The van der Waals surface area contributed by atoms with E-state index in [9.17, 15) is 19.2 Å². The summed E-state index contributed by atoms with van der Waals surface area (Å²) in [6.45, 7) is 6.75. The van der Waals surface area contributed by atoms with Gasteiger partial charge in [0.25, 0.3) is 0 Å². The second-order valence-electron chi connectivity index (χ2n) is 11.1. The zero-order valence-electron chi connectivity index (χ0n) is 22.5. The first-order chi connectivity index (χ1) is 18.0. The van der Waals surface area contributed by atoms with Gasteiger partial charge in [-0.2, -0.15) is 5.26 Å². The molecule has 0 atom stereocenters. The molecule has 1 aliphatic rings. The zero-order chi connectivity index (χ0) is 27.5. The predicted octanol–water partition coefficient (Wildman–Crippen LogP) is 6.17. The number of amides is 2. The van der Waals surface area contributed by atoms with Gasteiger partial charge in [0.2, 0.25) is 5.91 Å². The highest BCUT2D eigenvalue weighted by Gasteiger charge is 2.40. The third-order valence-electron chi connectivity index (χ3n) is 7.23. The molecule has 0 aliphatic carbocycles. The van der Waals surface area contributed by atoms with Crippen molar-refractivity contribution in [2.75, 3.05) is 20.1 Å². The molecule has 0 bridgehead atoms. The molecule has 0 aromatic heterocycles. The van der Waals surface area contributed by atoms with Crippen LogP contribution in [0.1, 0.15) is 56.7 Å². The summed E-state index contributed by atoms with van der Waals surface area (Å²) < 4.78 is 19.3. The average molecular weight is 516 g/mol. The fourth-order valence-electron chi connectivity index (χ4n) is 5.17. The molecule has 0 unspecified atom stereocenters. The number of carbonyl (C=O) groups excluding carboxylic acids is 2. The van der Waals surface area contributed by atoms with Crippen molar-refractivity contribution in [3.05, 3.63) is 83.2 Å².